The fraction of sp³-hybridized carbons (Fsp3) is 0.462. The van der Waals surface area contributed by atoms with Crippen molar-refractivity contribution < 1.29 is 9.50 Å². The van der Waals surface area contributed by atoms with E-state index in [1.54, 1.807) is 0 Å². The summed E-state index contributed by atoms with van der Waals surface area (Å²) >= 11 is 0. The number of unbranched alkanes of at least 4 members (excludes halogenated alkanes) is 2. The highest BCUT2D eigenvalue weighted by molar-refractivity contribution is 5.99. The Morgan fingerprint density at radius 2 is 2.21 bits per heavy atom. The molecule has 1 aromatic rings. The van der Waals surface area contributed by atoms with Crippen LogP contribution in [0.25, 0.3) is 0 Å². The van der Waals surface area contributed by atoms with Crippen molar-refractivity contribution in [3.8, 4) is 0 Å². The number of aliphatic hydroxyl groups is 1. The summed E-state index contributed by atoms with van der Waals surface area (Å²) in [5.74, 6) is 10.2. The van der Waals surface area contributed by atoms with Crippen LogP contribution in [0.2, 0.25) is 0 Å². The van der Waals surface area contributed by atoms with Gasteiger partial charge in [-0.3, -0.25) is 0 Å². The van der Waals surface area contributed by atoms with Gasteiger partial charge in [0, 0.05) is 5.56 Å². The molecule has 1 rings (SSSR count). The largest absolute Gasteiger partial charge is 0.388 e. The first-order valence-corrected chi connectivity index (χ1v) is 6.36. The second kappa shape index (κ2) is 7.70. The zero-order valence-corrected chi connectivity index (χ0v) is 11.1. The van der Waals surface area contributed by atoms with Gasteiger partial charge in [0.25, 0.3) is 0 Å². The molecule has 6 N–H and O–H groups in total. The molecule has 0 heterocycles. The minimum absolute atomic E-state index is 0.143. The van der Waals surface area contributed by atoms with E-state index in [1.165, 1.54) is 18.2 Å². The number of halogens is 1. The molecular formula is C13H21FN4O. The van der Waals surface area contributed by atoms with Crippen LogP contribution in [-0.4, -0.2) is 10.9 Å². The minimum Gasteiger partial charge on any atom is -0.388 e. The lowest BCUT2D eigenvalue weighted by Crippen LogP contribution is -2.33. The average molecular weight is 268 g/mol. The Kier molecular flexibility index (Phi) is 6.24. The Hall–Kier alpha value is -1.66. The first kappa shape index (κ1) is 15.4. The van der Waals surface area contributed by atoms with E-state index in [4.69, 9.17) is 11.7 Å². The van der Waals surface area contributed by atoms with Crippen molar-refractivity contribution in [3.63, 3.8) is 0 Å². The summed E-state index contributed by atoms with van der Waals surface area (Å²) < 4.78 is 13.3. The third-order valence-corrected chi connectivity index (χ3v) is 2.98. The van der Waals surface area contributed by atoms with Gasteiger partial charge >= 0.3 is 0 Å². The maximum atomic E-state index is 13.3. The van der Waals surface area contributed by atoms with Gasteiger partial charge in [-0.25, -0.2) is 10.2 Å². The molecular weight excluding hydrogens is 247 g/mol. The predicted molar refractivity (Wildman–Crippen MR) is 73.5 cm³/mol. The average Bonchev–Trinajstić information content (AvgIpc) is 2.40. The van der Waals surface area contributed by atoms with E-state index in [0.29, 0.717) is 17.5 Å². The first-order chi connectivity index (χ1) is 9.13. The number of hydrazone groups is 1. The van der Waals surface area contributed by atoms with E-state index in [1.807, 2.05) is 0 Å². The molecule has 0 radical (unpaired) electrons. The van der Waals surface area contributed by atoms with E-state index in [2.05, 4.69) is 17.5 Å². The van der Waals surface area contributed by atoms with E-state index in [9.17, 15) is 9.50 Å². The van der Waals surface area contributed by atoms with Crippen LogP contribution in [0.1, 0.15) is 49.8 Å². The van der Waals surface area contributed by atoms with Gasteiger partial charge in [0.05, 0.1) is 6.10 Å². The molecule has 106 valence electrons. The third-order valence-electron chi connectivity index (χ3n) is 2.98. The highest BCUT2D eigenvalue weighted by Gasteiger charge is 2.16. The number of nitrogens with one attached hydrogen (secondary N) is 1. The zero-order valence-electron chi connectivity index (χ0n) is 11.1. The maximum Gasteiger partial charge on any atom is 0.167 e. The van der Waals surface area contributed by atoms with Gasteiger partial charge in [0.2, 0.25) is 0 Å². The highest BCUT2D eigenvalue weighted by atomic mass is 19.1. The first-order valence-electron chi connectivity index (χ1n) is 6.36. The van der Waals surface area contributed by atoms with Crippen molar-refractivity contribution >= 4 is 5.84 Å². The summed E-state index contributed by atoms with van der Waals surface area (Å²) in [6, 6.07) is 4.08. The molecule has 0 saturated heterocycles. The molecule has 1 aromatic carbocycles. The second-order valence-electron chi connectivity index (χ2n) is 4.37. The number of amidine groups is 1. The van der Waals surface area contributed by atoms with Crippen LogP contribution in [-0.2, 0) is 0 Å². The van der Waals surface area contributed by atoms with Gasteiger partial charge in [-0.1, -0.05) is 32.3 Å². The molecule has 0 aromatic heterocycles. The molecule has 0 bridgehead atoms. The number of nitrogens with zero attached hydrogens (tertiary/aromatic N) is 1. The normalized spacial score (nSPS) is 13.4. The lowest BCUT2D eigenvalue weighted by molar-refractivity contribution is 0.163. The van der Waals surface area contributed by atoms with E-state index < -0.39 is 11.9 Å². The fourth-order valence-electron chi connectivity index (χ4n) is 1.95. The summed E-state index contributed by atoms with van der Waals surface area (Å²) in [6.45, 7) is 2.09. The topological polar surface area (TPSA) is 96.7 Å². The van der Waals surface area contributed by atoms with Gasteiger partial charge in [-0.15, -0.1) is 0 Å². The molecule has 0 saturated carbocycles. The molecule has 19 heavy (non-hydrogen) atoms. The SMILES string of the molecule is CCCCCC(O)c1ccc(F)cc1/C(=N/N)NN. The number of nitrogens with two attached hydrogens (primary N) is 2. The van der Waals surface area contributed by atoms with Gasteiger partial charge in [-0.05, 0) is 24.1 Å². The van der Waals surface area contributed by atoms with Crippen molar-refractivity contribution in [1.82, 2.24) is 5.43 Å². The Morgan fingerprint density at radius 1 is 1.47 bits per heavy atom. The van der Waals surface area contributed by atoms with Crippen LogP contribution in [0.3, 0.4) is 0 Å². The van der Waals surface area contributed by atoms with E-state index in [0.717, 1.165) is 19.3 Å². The van der Waals surface area contributed by atoms with Crippen LogP contribution >= 0.6 is 0 Å². The smallest absolute Gasteiger partial charge is 0.167 e. The molecule has 0 spiro atoms. The molecule has 5 nitrogen and oxygen atoms in total. The number of rotatable bonds is 6. The lowest BCUT2D eigenvalue weighted by atomic mass is 9.97. The van der Waals surface area contributed by atoms with E-state index >= 15 is 0 Å². The Morgan fingerprint density at radius 3 is 2.79 bits per heavy atom. The van der Waals surface area contributed by atoms with Gasteiger partial charge in [-0.2, -0.15) is 5.10 Å². The second-order valence-corrected chi connectivity index (χ2v) is 4.37. The summed E-state index contributed by atoms with van der Waals surface area (Å²) in [5.41, 5.74) is 3.26. The molecule has 1 unspecified atom stereocenters. The zero-order chi connectivity index (χ0) is 14.3. The quantitative estimate of drug-likeness (QED) is 0.207. The van der Waals surface area contributed by atoms with E-state index in [-0.39, 0.29) is 5.84 Å². The Labute approximate surface area is 112 Å². The molecule has 0 fully saturated rings. The van der Waals surface area contributed by atoms with Crippen molar-refractivity contribution in [3.05, 3.63) is 35.1 Å². The Bertz CT molecular complexity index is 437. The predicted octanol–water partition coefficient (Wildman–Crippen LogP) is 1.52. The number of hydrogen-bond donors (Lipinski definition) is 4. The summed E-state index contributed by atoms with van der Waals surface area (Å²) in [7, 11) is 0. The van der Waals surface area contributed by atoms with Crippen LogP contribution in [0, 0.1) is 5.82 Å². The standard InChI is InChI=1S/C13H21FN4O/c1-2-3-4-5-12(19)10-7-6-9(14)8-11(10)13(17-15)18-16/h6-8,12,19H,2-5,15-16H2,1H3,(H,17,18). The highest BCUT2D eigenvalue weighted by Crippen LogP contribution is 2.24. The van der Waals surface area contributed by atoms with Crippen LogP contribution in [0.4, 0.5) is 4.39 Å². The third kappa shape index (κ3) is 4.18. The van der Waals surface area contributed by atoms with Crippen molar-refractivity contribution in [2.75, 3.05) is 0 Å². The maximum absolute atomic E-state index is 13.3. The minimum atomic E-state index is -0.688. The molecule has 0 aliphatic carbocycles. The van der Waals surface area contributed by atoms with Gasteiger partial charge < -0.3 is 16.4 Å². The van der Waals surface area contributed by atoms with Crippen molar-refractivity contribution in [2.45, 2.75) is 38.7 Å². The van der Waals surface area contributed by atoms with Crippen LogP contribution in [0.15, 0.2) is 23.3 Å². The molecule has 1 atom stereocenters. The number of hydrazine groups is 1. The summed E-state index contributed by atoms with van der Waals surface area (Å²) in [5, 5.41) is 13.6. The molecule has 0 amide bonds. The van der Waals surface area contributed by atoms with Crippen LogP contribution < -0.4 is 17.1 Å². The van der Waals surface area contributed by atoms with Crippen molar-refractivity contribution in [2.24, 2.45) is 16.8 Å². The Balaban J connectivity index is 2.99. The van der Waals surface area contributed by atoms with Crippen molar-refractivity contribution in [1.29, 1.82) is 0 Å². The number of benzene rings is 1. The summed E-state index contributed by atoms with van der Waals surface area (Å²) in [6.07, 6.45) is 2.94. The number of hydrogen-bond acceptors (Lipinski definition) is 4. The monoisotopic (exact) mass is 268 g/mol. The van der Waals surface area contributed by atoms with Gasteiger partial charge in [0.15, 0.2) is 5.84 Å². The van der Waals surface area contributed by atoms with Gasteiger partial charge in [0.1, 0.15) is 5.82 Å². The summed E-state index contributed by atoms with van der Waals surface area (Å²) in [4.78, 5) is 0. The molecule has 0 aliphatic heterocycles. The lowest BCUT2D eigenvalue weighted by Gasteiger charge is -2.16. The molecule has 6 heteroatoms. The number of aliphatic hydroxyl groups excluding tert-OH is 1. The molecule has 0 aliphatic rings. The van der Waals surface area contributed by atoms with Crippen LogP contribution in [0.5, 0.6) is 0 Å². The fourth-order valence-corrected chi connectivity index (χ4v) is 1.95.